The van der Waals surface area contributed by atoms with Crippen LogP contribution in [-0.2, 0) is 4.57 Å². The Labute approximate surface area is 69.2 Å². The molecule has 0 heterocycles. The van der Waals surface area contributed by atoms with Gasteiger partial charge in [0.05, 0.1) is 5.30 Å². The molecule has 0 radical (unpaired) electrons. The second-order valence-corrected chi connectivity index (χ2v) is 3.93. The lowest BCUT2D eigenvalue weighted by molar-refractivity contribution is 0.387. The summed E-state index contributed by atoms with van der Waals surface area (Å²) < 4.78 is 10.7. The van der Waals surface area contributed by atoms with Gasteiger partial charge in [0.15, 0.2) is 0 Å². The van der Waals surface area contributed by atoms with Crippen molar-refractivity contribution in [3.05, 3.63) is 18.2 Å². The maximum atomic E-state index is 10.7. The highest BCUT2D eigenvalue weighted by Gasteiger charge is 2.19. The minimum absolute atomic E-state index is 0.0170. The van der Waals surface area contributed by atoms with Gasteiger partial charge in [-0.1, -0.05) is 0 Å². The molecule has 5 nitrogen and oxygen atoms in total. The fraction of sp³-hybridized carbons (Fsp3) is 0. The number of anilines is 2. The van der Waals surface area contributed by atoms with Crippen LogP contribution in [0.15, 0.2) is 18.2 Å². The van der Waals surface area contributed by atoms with E-state index in [9.17, 15) is 4.57 Å². The molecule has 0 atom stereocenters. The highest BCUT2D eigenvalue weighted by atomic mass is 31.2. The summed E-state index contributed by atoms with van der Waals surface area (Å²) in [4.78, 5) is 17.5. The van der Waals surface area contributed by atoms with Crippen molar-refractivity contribution in [1.29, 1.82) is 0 Å². The average Bonchev–Trinajstić information content (AvgIpc) is 1.83. The zero-order valence-corrected chi connectivity index (χ0v) is 7.03. The van der Waals surface area contributed by atoms with Gasteiger partial charge in [0.2, 0.25) is 0 Å². The number of hydrogen-bond donors (Lipinski definition) is 4. The maximum absolute atomic E-state index is 10.7. The summed E-state index contributed by atoms with van der Waals surface area (Å²) >= 11 is 0. The maximum Gasteiger partial charge on any atom is 0.358 e. The molecule has 0 fully saturated rings. The fourth-order valence-electron chi connectivity index (χ4n) is 0.838. The molecule has 0 amide bonds. The fourth-order valence-corrected chi connectivity index (χ4v) is 1.51. The molecular formula is C6H9N2O3P. The van der Waals surface area contributed by atoms with Crippen molar-refractivity contribution >= 4 is 24.3 Å². The molecule has 0 unspecified atom stereocenters. The molecule has 6 N–H and O–H groups in total. The van der Waals surface area contributed by atoms with E-state index in [-0.39, 0.29) is 11.0 Å². The van der Waals surface area contributed by atoms with E-state index in [1.54, 1.807) is 0 Å². The van der Waals surface area contributed by atoms with Crippen LogP contribution < -0.4 is 16.8 Å². The molecule has 0 spiro atoms. The van der Waals surface area contributed by atoms with E-state index in [1.165, 1.54) is 18.2 Å². The summed E-state index contributed by atoms with van der Waals surface area (Å²) in [5.74, 6) is 0. The number of nitrogens with two attached hydrogens (primary N) is 2. The van der Waals surface area contributed by atoms with Gasteiger partial charge in [-0.2, -0.15) is 0 Å². The molecule has 12 heavy (non-hydrogen) atoms. The third kappa shape index (κ3) is 1.76. The first-order chi connectivity index (χ1) is 5.41. The van der Waals surface area contributed by atoms with Crippen LogP contribution in [0.4, 0.5) is 11.4 Å². The lowest BCUT2D eigenvalue weighted by Gasteiger charge is -2.07. The number of benzene rings is 1. The SMILES string of the molecule is Nc1ccc(P(=O)(O)O)c(N)c1. The summed E-state index contributed by atoms with van der Waals surface area (Å²) in [5.41, 5.74) is 11.1. The molecule has 0 aliphatic heterocycles. The van der Waals surface area contributed by atoms with E-state index in [4.69, 9.17) is 21.3 Å². The molecule has 0 saturated heterocycles. The molecule has 0 saturated carbocycles. The Morgan fingerprint density at radius 1 is 1.25 bits per heavy atom. The van der Waals surface area contributed by atoms with Crippen LogP contribution in [-0.4, -0.2) is 9.79 Å². The first kappa shape index (κ1) is 9.06. The normalized spacial score (nSPS) is 11.5. The summed E-state index contributed by atoms with van der Waals surface area (Å²) in [5, 5.41) is -0.184. The lowest BCUT2D eigenvalue weighted by atomic mass is 10.3. The molecule has 1 aromatic rings. The number of rotatable bonds is 1. The van der Waals surface area contributed by atoms with E-state index in [0.29, 0.717) is 5.69 Å². The molecule has 0 aliphatic rings. The molecule has 0 aliphatic carbocycles. The van der Waals surface area contributed by atoms with Crippen LogP contribution in [0.2, 0.25) is 0 Å². The summed E-state index contributed by atoms with van der Waals surface area (Å²) in [7, 11) is -4.26. The molecule has 1 rings (SSSR count). The Balaban J connectivity index is 3.28. The van der Waals surface area contributed by atoms with Crippen LogP contribution in [0.5, 0.6) is 0 Å². The average molecular weight is 188 g/mol. The zero-order chi connectivity index (χ0) is 9.35. The minimum atomic E-state index is -4.26. The van der Waals surface area contributed by atoms with E-state index >= 15 is 0 Å². The van der Waals surface area contributed by atoms with E-state index in [0.717, 1.165) is 0 Å². The Morgan fingerprint density at radius 2 is 1.83 bits per heavy atom. The summed E-state index contributed by atoms with van der Waals surface area (Å²) in [6, 6.07) is 3.94. The van der Waals surface area contributed by atoms with Gasteiger partial charge in [0, 0.05) is 11.4 Å². The topological polar surface area (TPSA) is 110 Å². The predicted octanol–water partition coefficient (Wildman–Crippen LogP) is -0.346. The molecule has 6 heteroatoms. The van der Waals surface area contributed by atoms with Gasteiger partial charge in [-0.05, 0) is 18.2 Å². The van der Waals surface area contributed by atoms with E-state index < -0.39 is 7.60 Å². The van der Waals surface area contributed by atoms with Crippen molar-refractivity contribution in [2.24, 2.45) is 0 Å². The van der Waals surface area contributed by atoms with Gasteiger partial charge in [0.1, 0.15) is 0 Å². The van der Waals surface area contributed by atoms with Crippen molar-refractivity contribution in [2.45, 2.75) is 0 Å². The molecular weight excluding hydrogens is 179 g/mol. The Bertz CT molecular complexity index is 347. The zero-order valence-electron chi connectivity index (χ0n) is 6.14. The summed E-state index contributed by atoms with van der Waals surface area (Å²) in [6.45, 7) is 0. The Kier molecular flexibility index (Phi) is 2.10. The van der Waals surface area contributed by atoms with E-state index in [2.05, 4.69) is 0 Å². The molecule has 0 bridgehead atoms. The quantitative estimate of drug-likeness (QED) is 0.356. The smallest absolute Gasteiger partial charge is 0.358 e. The Hall–Kier alpha value is -1.03. The third-order valence-electron chi connectivity index (χ3n) is 1.37. The van der Waals surface area contributed by atoms with Crippen molar-refractivity contribution in [2.75, 3.05) is 11.5 Å². The van der Waals surface area contributed by atoms with Crippen molar-refractivity contribution in [1.82, 2.24) is 0 Å². The minimum Gasteiger partial charge on any atom is -0.399 e. The first-order valence-corrected chi connectivity index (χ1v) is 4.73. The second kappa shape index (κ2) is 2.79. The van der Waals surface area contributed by atoms with Gasteiger partial charge >= 0.3 is 7.60 Å². The molecule has 66 valence electrons. The van der Waals surface area contributed by atoms with Crippen LogP contribution in [0, 0.1) is 0 Å². The predicted molar refractivity (Wildman–Crippen MR) is 46.9 cm³/mol. The monoisotopic (exact) mass is 188 g/mol. The van der Waals surface area contributed by atoms with Gasteiger partial charge in [-0.25, -0.2) is 0 Å². The van der Waals surface area contributed by atoms with Gasteiger partial charge in [0.25, 0.3) is 0 Å². The second-order valence-electron chi connectivity index (χ2n) is 2.36. The molecule has 1 aromatic carbocycles. The Morgan fingerprint density at radius 3 is 2.25 bits per heavy atom. The highest BCUT2D eigenvalue weighted by molar-refractivity contribution is 7.60. The van der Waals surface area contributed by atoms with E-state index in [1.807, 2.05) is 0 Å². The third-order valence-corrected chi connectivity index (χ3v) is 2.40. The van der Waals surface area contributed by atoms with Crippen molar-refractivity contribution in [3.63, 3.8) is 0 Å². The largest absolute Gasteiger partial charge is 0.399 e. The van der Waals surface area contributed by atoms with Crippen molar-refractivity contribution < 1.29 is 14.4 Å². The van der Waals surface area contributed by atoms with Crippen LogP contribution >= 0.6 is 7.60 Å². The number of hydrogen-bond acceptors (Lipinski definition) is 3. The standard InChI is InChI=1S/C6H9N2O3P/c7-4-1-2-6(5(8)3-4)12(9,10)11/h1-3H,7-8H2,(H2,9,10,11). The van der Waals surface area contributed by atoms with Crippen LogP contribution in [0.25, 0.3) is 0 Å². The van der Waals surface area contributed by atoms with Gasteiger partial charge in [-0.15, -0.1) is 0 Å². The first-order valence-electron chi connectivity index (χ1n) is 3.12. The highest BCUT2D eigenvalue weighted by Crippen LogP contribution is 2.35. The summed E-state index contributed by atoms with van der Waals surface area (Å²) in [6.07, 6.45) is 0. The van der Waals surface area contributed by atoms with Crippen molar-refractivity contribution in [3.8, 4) is 0 Å². The van der Waals surface area contributed by atoms with Crippen LogP contribution in [0.3, 0.4) is 0 Å². The van der Waals surface area contributed by atoms with Gasteiger partial charge in [-0.3, -0.25) is 4.57 Å². The van der Waals surface area contributed by atoms with Gasteiger partial charge < -0.3 is 21.3 Å². The lowest BCUT2D eigenvalue weighted by Crippen LogP contribution is -2.10. The molecule has 0 aromatic heterocycles. The number of nitrogen functional groups attached to an aromatic ring is 2. The van der Waals surface area contributed by atoms with Crippen LogP contribution in [0.1, 0.15) is 0 Å².